The number of hydrogen-bond acceptors (Lipinski definition) is 2. The lowest BCUT2D eigenvalue weighted by Gasteiger charge is -2.27. The molecule has 1 aliphatic rings. The molecule has 18 heavy (non-hydrogen) atoms. The van der Waals surface area contributed by atoms with Crippen molar-refractivity contribution in [2.24, 2.45) is 5.92 Å². The Balaban J connectivity index is 2.09. The maximum absolute atomic E-state index is 13.5. The summed E-state index contributed by atoms with van der Waals surface area (Å²) >= 11 is 6.04. The van der Waals surface area contributed by atoms with Crippen molar-refractivity contribution in [2.75, 3.05) is 20.3 Å². The summed E-state index contributed by atoms with van der Waals surface area (Å²) in [7, 11) is 1.89. The van der Waals surface area contributed by atoms with Crippen LogP contribution < -0.4 is 5.32 Å². The third kappa shape index (κ3) is 3.22. The number of benzene rings is 1. The van der Waals surface area contributed by atoms with Gasteiger partial charge in [-0.05, 0) is 43.9 Å². The van der Waals surface area contributed by atoms with Crippen molar-refractivity contribution >= 4 is 11.6 Å². The second-order valence-corrected chi connectivity index (χ2v) is 5.15. The van der Waals surface area contributed by atoms with Crippen molar-refractivity contribution in [3.8, 4) is 0 Å². The smallest absolute Gasteiger partial charge is 0.142 e. The van der Waals surface area contributed by atoms with E-state index in [1.165, 1.54) is 6.07 Å². The van der Waals surface area contributed by atoms with Crippen LogP contribution in [0.3, 0.4) is 0 Å². The molecule has 2 nitrogen and oxygen atoms in total. The van der Waals surface area contributed by atoms with Crippen molar-refractivity contribution in [3.63, 3.8) is 0 Å². The van der Waals surface area contributed by atoms with Crippen molar-refractivity contribution < 1.29 is 9.13 Å². The molecule has 0 spiro atoms. The van der Waals surface area contributed by atoms with Gasteiger partial charge in [0.2, 0.25) is 0 Å². The van der Waals surface area contributed by atoms with Crippen molar-refractivity contribution in [2.45, 2.75) is 25.3 Å². The van der Waals surface area contributed by atoms with Crippen LogP contribution in [0, 0.1) is 11.7 Å². The first-order valence-electron chi connectivity index (χ1n) is 6.41. The maximum atomic E-state index is 13.5. The Morgan fingerprint density at radius 3 is 2.83 bits per heavy atom. The average Bonchev–Trinajstić information content (AvgIpc) is 2.41. The van der Waals surface area contributed by atoms with E-state index in [4.69, 9.17) is 16.3 Å². The Morgan fingerprint density at radius 1 is 1.44 bits per heavy atom. The van der Waals surface area contributed by atoms with Crippen LogP contribution >= 0.6 is 11.6 Å². The molecule has 0 aromatic heterocycles. The van der Waals surface area contributed by atoms with Gasteiger partial charge in [-0.2, -0.15) is 0 Å². The summed E-state index contributed by atoms with van der Waals surface area (Å²) in [6.45, 7) is 1.66. The van der Waals surface area contributed by atoms with E-state index in [2.05, 4.69) is 5.32 Å². The third-order valence-corrected chi connectivity index (χ3v) is 4.01. The lowest BCUT2D eigenvalue weighted by Crippen LogP contribution is -2.24. The molecule has 1 aliphatic heterocycles. The van der Waals surface area contributed by atoms with E-state index in [1.807, 2.05) is 13.1 Å². The van der Waals surface area contributed by atoms with Gasteiger partial charge < -0.3 is 10.1 Å². The fraction of sp³-hybridized carbons (Fsp3) is 0.571. The van der Waals surface area contributed by atoms with E-state index in [0.29, 0.717) is 5.92 Å². The van der Waals surface area contributed by atoms with Gasteiger partial charge in [-0.1, -0.05) is 23.7 Å². The van der Waals surface area contributed by atoms with Gasteiger partial charge in [-0.25, -0.2) is 4.39 Å². The summed E-state index contributed by atoms with van der Waals surface area (Å²) in [4.78, 5) is 0. The zero-order valence-corrected chi connectivity index (χ0v) is 11.3. The minimum Gasteiger partial charge on any atom is -0.381 e. The number of rotatable bonds is 4. The van der Waals surface area contributed by atoms with Gasteiger partial charge in [-0.3, -0.25) is 0 Å². The standard InChI is InChI=1S/C14H19ClFNO/c1-17-13(9-10-5-7-18-8-6-10)11-3-2-4-12(16)14(11)15/h2-4,10,13,17H,5-9H2,1H3. The van der Waals surface area contributed by atoms with Crippen LogP contribution in [0.4, 0.5) is 4.39 Å². The SMILES string of the molecule is CNC(CC1CCOCC1)c1cccc(F)c1Cl. The monoisotopic (exact) mass is 271 g/mol. The molecule has 1 N–H and O–H groups in total. The molecule has 0 amide bonds. The minimum atomic E-state index is -0.346. The van der Waals surface area contributed by atoms with Gasteiger partial charge in [-0.15, -0.1) is 0 Å². The average molecular weight is 272 g/mol. The van der Waals surface area contributed by atoms with Gasteiger partial charge in [0, 0.05) is 19.3 Å². The predicted octanol–water partition coefficient (Wildman–Crippen LogP) is 3.56. The molecule has 0 bridgehead atoms. The van der Waals surface area contributed by atoms with Crippen LogP contribution in [0.2, 0.25) is 5.02 Å². The Morgan fingerprint density at radius 2 is 2.17 bits per heavy atom. The first-order chi connectivity index (χ1) is 8.72. The van der Waals surface area contributed by atoms with Crippen LogP contribution in [0.5, 0.6) is 0 Å². The van der Waals surface area contributed by atoms with Crippen LogP contribution in [0.25, 0.3) is 0 Å². The Bertz CT molecular complexity index is 393. The van der Waals surface area contributed by atoms with Gasteiger partial charge in [0.1, 0.15) is 5.82 Å². The summed E-state index contributed by atoms with van der Waals surface area (Å²) in [5.41, 5.74) is 0.852. The van der Waals surface area contributed by atoms with Crippen molar-refractivity contribution in [3.05, 3.63) is 34.6 Å². The number of halogens is 2. The van der Waals surface area contributed by atoms with E-state index < -0.39 is 0 Å². The van der Waals surface area contributed by atoms with Crippen LogP contribution in [0.1, 0.15) is 30.9 Å². The normalized spacial score (nSPS) is 18.8. The highest BCUT2D eigenvalue weighted by Crippen LogP contribution is 2.32. The lowest BCUT2D eigenvalue weighted by molar-refractivity contribution is 0.0608. The molecule has 1 aromatic rings. The molecule has 1 aromatic carbocycles. The van der Waals surface area contributed by atoms with E-state index >= 15 is 0 Å². The van der Waals surface area contributed by atoms with Crippen LogP contribution in [0.15, 0.2) is 18.2 Å². The van der Waals surface area contributed by atoms with E-state index in [0.717, 1.165) is 38.0 Å². The van der Waals surface area contributed by atoms with Crippen LogP contribution in [-0.2, 0) is 4.74 Å². The molecule has 1 atom stereocenters. The molecular weight excluding hydrogens is 253 g/mol. The molecule has 100 valence electrons. The summed E-state index contributed by atoms with van der Waals surface area (Å²) in [6.07, 6.45) is 3.12. The Kier molecular flexibility index (Phi) is 4.98. The highest BCUT2D eigenvalue weighted by molar-refractivity contribution is 6.31. The quantitative estimate of drug-likeness (QED) is 0.904. The molecule has 1 fully saturated rings. The molecule has 0 saturated carbocycles. The molecule has 1 unspecified atom stereocenters. The van der Waals surface area contributed by atoms with Gasteiger partial charge in [0.15, 0.2) is 0 Å². The third-order valence-electron chi connectivity index (χ3n) is 3.62. The second-order valence-electron chi connectivity index (χ2n) is 4.78. The molecule has 1 heterocycles. The highest BCUT2D eigenvalue weighted by atomic mass is 35.5. The number of hydrogen-bond donors (Lipinski definition) is 1. The molecule has 0 aliphatic carbocycles. The van der Waals surface area contributed by atoms with Gasteiger partial charge >= 0.3 is 0 Å². The van der Waals surface area contributed by atoms with Crippen LogP contribution in [-0.4, -0.2) is 20.3 Å². The Hall–Kier alpha value is -0.640. The maximum Gasteiger partial charge on any atom is 0.142 e. The largest absolute Gasteiger partial charge is 0.381 e. The first-order valence-corrected chi connectivity index (χ1v) is 6.79. The van der Waals surface area contributed by atoms with Crippen molar-refractivity contribution in [1.29, 1.82) is 0 Å². The summed E-state index contributed by atoms with van der Waals surface area (Å²) in [6, 6.07) is 5.11. The number of nitrogens with one attached hydrogen (secondary N) is 1. The molecule has 1 saturated heterocycles. The van der Waals surface area contributed by atoms with E-state index in [9.17, 15) is 4.39 Å². The van der Waals surface area contributed by atoms with Gasteiger partial charge in [0.25, 0.3) is 0 Å². The summed E-state index contributed by atoms with van der Waals surface area (Å²) < 4.78 is 18.8. The fourth-order valence-electron chi connectivity index (χ4n) is 2.51. The molecule has 4 heteroatoms. The second kappa shape index (κ2) is 6.50. The zero-order chi connectivity index (χ0) is 13.0. The number of ether oxygens (including phenoxy) is 1. The van der Waals surface area contributed by atoms with Gasteiger partial charge in [0.05, 0.1) is 5.02 Å². The molecule has 0 radical (unpaired) electrons. The topological polar surface area (TPSA) is 21.3 Å². The fourth-order valence-corrected chi connectivity index (χ4v) is 2.76. The summed E-state index contributed by atoms with van der Waals surface area (Å²) in [5.74, 6) is 0.275. The molecular formula is C14H19ClFNO. The van der Waals surface area contributed by atoms with Crippen molar-refractivity contribution in [1.82, 2.24) is 5.32 Å². The van der Waals surface area contributed by atoms with E-state index in [1.54, 1.807) is 6.07 Å². The highest BCUT2D eigenvalue weighted by Gasteiger charge is 2.21. The molecule has 2 rings (SSSR count). The first kappa shape index (κ1) is 13.8. The Labute approximate surface area is 112 Å². The van der Waals surface area contributed by atoms with E-state index in [-0.39, 0.29) is 16.9 Å². The predicted molar refractivity (Wildman–Crippen MR) is 71.4 cm³/mol. The minimum absolute atomic E-state index is 0.108. The lowest BCUT2D eigenvalue weighted by atomic mass is 9.89. The summed E-state index contributed by atoms with van der Waals surface area (Å²) in [5, 5.41) is 3.48. The zero-order valence-electron chi connectivity index (χ0n) is 10.6.